The predicted octanol–water partition coefficient (Wildman–Crippen LogP) is 2.36. The Bertz CT molecular complexity index is 208. The lowest BCUT2D eigenvalue weighted by Crippen LogP contribution is -2.32. The van der Waals surface area contributed by atoms with E-state index in [1.165, 1.54) is 0 Å². The van der Waals surface area contributed by atoms with Gasteiger partial charge in [0, 0.05) is 18.7 Å². The third kappa shape index (κ3) is 2.87. The first-order valence-electron chi connectivity index (χ1n) is 5.21. The van der Waals surface area contributed by atoms with E-state index in [9.17, 15) is 4.79 Å². The van der Waals surface area contributed by atoms with Crippen LogP contribution in [0.25, 0.3) is 0 Å². The molecule has 0 aromatic heterocycles. The van der Waals surface area contributed by atoms with Gasteiger partial charge >= 0.3 is 0 Å². The van der Waals surface area contributed by atoms with Gasteiger partial charge in [-0.05, 0) is 26.2 Å². The Morgan fingerprint density at radius 2 is 2.31 bits per heavy atom. The van der Waals surface area contributed by atoms with Gasteiger partial charge in [0.15, 0.2) is 0 Å². The lowest BCUT2D eigenvalue weighted by Gasteiger charge is -2.20. The van der Waals surface area contributed by atoms with Crippen LogP contribution in [-0.2, 0) is 4.79 Å². The molecule has 1 heterocycles. The van der Waals surface area contributed by atoms with E-state index in [1.807, 2.05) is 11.8 Å². The molecular weight excluding hydrogens is 162 g/mol. The van der Waals surface area contributed by atoms with E-state index in [0.717, 1.165) is 44.3 Å². The molecule has 1 aliphatic rings. The Balaban J connectivity index is 2.52. The summed E-state index contributed by atoms with van der Waals surface area (Å²) in [6.07, 6.45) is 6.52. The average Bonchev–Trinajstić information content (AvgIpc) is 2.28. The molecule has 13 heavy (non-hydrogen) atoms. The third-order valence-corrected chi connectivity index (χ3v) is 2.49. The van der Waals surface area contributed by atoms with Crippen molar-refractivity contribution in [3.63, 3.8) is 0 Å². The second-order valence-electron chi connectivity index (χ2n) is 3.68. The van der Waals surface area contributed by atoms with Gasteiger partial charge in [-0.1, -0.05) is 19.4 Å². The zero-order chi connectivity index (χ0) is 9.68. The van der Waals surface area contributed by atoms with E-state index >= 15 is 0 Å². The summed E-state index contributed by atoms with van der Waals surface area (Å²) in [6.45, 7) is 5.95. The first kappa shape index (κ1) is 10.3. The number of carbonyl (C=O) groups is 1. The molecule has 0 saturated carbocycles. The number of nitrogens with zero attached hydrogens (tertiary/aromatic N) is 1. The maximum atomic E-state index is 11.7. The molecule has 0 atom stereocenters. The summed E-state index contributed by atoms with van der Waals surface area (Å²) in [5.41, 5.74) is 0.925. The molecule has 2 heteroatoms. The summed E-state index contributed by atoms with van der Waals surface area (Å²) < 4.78 is 0. The number of rotatable bonds is 3. The molecule has 0 aromatic rings. The number of unbranched alkanes of at least 4 members (excludes halogenated alkanes) is 1. The van der Waals surface area contributed by atoms with Gasteiger partial charge in [-0.15, -0.1) is 0 Å². The lowest BCUT2D eigenvalue weighted by atomic mass is 10.2. The van der Waals surface area contributed by atoms with Crippen molar-refractivity contribution in [1.29, 1.82) is 0 Å². The Labute approximate surface area is 80.6 Å². The van der Waals surface area contributed by atoms with Gasteiger partial charge in [0.1, 0.15) is 0 Å². The Morgan fingerprint density at radius 3 is 3.00 bits per heavy atom. The van der Waals surface area contributed by atoms with Crippen molar-refractivity contribution < 1.29 is 4.79 Å². The Morgan fingerprint density at radius 1 is 1.54 bits per heavy atom. The quantitative estimate of drug-likeness (QED) is 0.654. The molecule has 0 N–H and O–H groups in total. The summed E-state index contributed by atoms with van der Waals surface area (Å²) in [6, 6.07) is 0. The molecule has 0 fully saturated rings. The fourth-order valence-corrected chi connectivity index (χ4v) is 1.60. The van der Waals surface area contributed by atoms with Crippen molar-refractivity contribution in [3.8, 4) is 0 Å². The van der Waals surface area contributed by atoms with Gasteiger partial charge < -0.3 is 4.90 Å². The zero-order valence-electron chi connectivity index (χ0n) is 8.68. The highest BCUT2D eigenvalue weighted by atomic mass is 16.2. The van der Waals surface area contributed by atoms with Crippen LogP contribution in [-0.4, -0.2) is 23.9 Å². The van der Waals surface area contributed by atoms with Crippen LogP contribution in [0, 0.1) is 0 Å². The first-order chi connectivity index (χ1) is 6.25. The maximum absolute atomic E-state index is 11.7. The molecule has 1 rings (SSSR count). The van der Waals surface area contributed by atoms with E-state index in [0.29, 0.717) is 0 Å². The van der Waals surface area contributed by atoms with Gasteiger partial charge in [-0.25, -0.2) is 0 Å². The number of hydrogen-bond acceptors (Lipinski definition) is 1. The Kier molecular flexibility index (Phi) is 4.00. The summed E-state index contributed by atoms with van der Waals surface area (Å²) in [7, 11) is 0. The van der Waals surface area contributed by atoms with E-state index in [4.69, 9.17) is 0 Å². The van der Waals surface area contributed by atoms with Crippen LogP contribution in [0.3, 0.4) is 0 Å². The van der Waals surface area contributed by atoms with E-state index in [2.05, 4.69) is 13.0 Å². The average molecular weight is 181 g/mol. The number of amides is 1. The van der Waals surface area contributed by atoms with Crippen LogP contribution >= 0.6 is 0 Å². The standard InChI is InChI=1S/C11H19NO/c1-3-4-8-12-9-6-5-7-10(2)11(12)13/h7H,3-6,8-9H2,1-2H3. The van der Waals surface area contributed by atoms with Crippen molar-refractivity contribution in [3.05, 3.63) is 11.6 Å². The van der Waals surface area contributed by atoms with Crippen molar-refractivity contribution in [2.75, 3.05) is 13.1 Å². The van der Waals surface area contributed by atoms with E-state index < -0.39 is 0 Å². The van der Waals surface area contributed by atoms with Gasteiger partial charge in [-0.2, -0.15) is 0 Å². The zero-order valence-corrected chi connectivity index (χ0v) is 8.68. The van der Waals surface area contributed by atoms with Crippen molar-refractivity contribution in [1.82, 2.24) is 4.90 Å². The molecule has 2 nitrogen and oxygen atoms in total. The fourth-order valence-electron chi connectivity index (χ4n) is 1.60. The molecule has 0 saturated heterocycles. The van der Waals surface area contributed by atoms with E-state index in [1.54, 1.807) is 0 Å². The molecule has 1 aliphatic heterocycles. The first-order valence-corrected chi connectivity index (χ1v) is 5.21. The largest absolute Gasteiger partial charge is 0.339 e. The molecule has 0 bridgehead atoms. The smallest absolute Gasteiger partial charge is 0.249 e. The third-order valence-electron chi connectivity index (χ3n) is 2.49. The van der Waals surface area contributed by atoms with Crippen LogP contribution in [0.5, 0.6) is 0 Å². The van der Waals surface area contributed by atoms with Crippen molar-refractivity contribution in [2.24, 2.45) is 0 Å². The highest BCUT2D eigenvalue weighted by molar-refractivity contribution is 5.93. The van der Waals surface area contributed by atoms with Crippen LogP contribution in [0.15, 0.2) is 11.6 Å². The summed E-state index contributed by atoms with van der Waals surface area (Å²) in [4.78, 5) is 13.7. The van der Waals surface area contributed by atoms with Gasteiger partial charge in [0.05, 0.1) is 0 Å². The molecule has 74 valence electrons. The van der Waals surface area contributed by atoms with E-state index in [-0.39, 0.29) is 5.91 Å². The molecule has 0 radical (unpaired) electrons. The van der Waals surface area contributed by atoms with Crippen molar-refractivity contribution in [2.45, 2.75) is 39.5 Å². The monoisotopic (exact) mass is 181 g/mol. The van der Waals surface area contributed by atoms with Crippen LogP contribution in [0.2, 0.25) is 0 Å². The summed E-state index contributed by atoms with van der Waals surface area (Å²) in [5.74, 6) is 0.242. The molecule has 0 unspecified atom stereocenters. The number of carbonyl (C=O) groups excluding carboxylic acids is 1. The molecule has 0 spiro atoms. The van der Waals surface area contributed by atoms with Crippen LogP contribution < -0.4 is 0 Å². The Hall–Kier alpha value is -0.790. The van der Waals surface area contributed by atoms with Gasteiger partial charge in [-0.3, -0.25) is 4.79 Å². The van der Waals surface area contributed by atoms with Crippen LogP contribution in [0.1, 0.15) is 39.5 Å². The number of hydrogen-bond donors (Lipinski definition) is 0. The summed E-state index contributed by atoms with van der Waals surface area (Å²) >= 11 is 0. The maximum Gasteiger partial charge on any atom is 0.249 e. The molecular formula is C11H19NO. The molecule has 0 aromatic carbocycles. The van der Waals surface area contributed by atoms with Gasteiger partial charge in [0.2, 0.25) is 5.91 Å². The SMILES string of the molecule is CCCCN1CCCC=C(C)C1=O. The topological polar surface area (TPSA) is 20.3 Å². The minimum Gasteiger partial charge on any atom is -0.339 e. The van der Waals surface area contributed by atoms with Crippen LogP contribution in [0.4, 0.5) is 0 Å². The minimum absolute atomic E-state index is 0.242. The number of allylic oxidation sites excluding steroid dienone is 1. The fraction of sp³-hybridized carbons (Fsp3) is 0.727. The normalized spacial score (nSPS) is 18.5. The lowest BCUT2D eigenvalue weighted by molar-refractivity contribution is -0.127. The van der Waals surface area contributed by atoms with Gasteiger partial charge in [0.25, 0.3) is 0 Å². The molecule has 0 aliphatic carbocycles. The van der Waals surface area contributed by atoms with Crippen molar-refractivity contribution >= 4 is 5.91 Å². The molecule has 1 amide bonds. The highest BCUT2D eigenvalue weighted by Crippen LogP contribution is 2.11. The second kappa shape index (κ2) is 5.05. The highest BCUT2D eigenvalue weighted by Gasteiger charge is 2.16. The summed E-state index contributed by atoms with van der Waals surface area (Å²) in [5, 5.41) is 0. The minimum atomic E-state index is 0.242. The predicted molar refractivity (Wildman–Crippen MR) is 54.5 cm³/mol. The second-order valence-corrected chi connectivity index (χ2v) is 3.68.